The molecule has 1 aliphatic heterocycles. The number of aromatic nitrogens is 2. The summed E-state index contributed by atoms with van der Waals surface area (Å²) in [4.78, 5) is 36.6. The molecule has 24 heavy (non-hydrogen) atoms. The number of carbonyl (C=O) groups is 1. The van der Waals surface area contributed by atoms with E-state index in [9.17, 15) is 19.5 Å². The molecule has 9 nitrogen and oxygen atoms in total. The van der Waals surface area contributed by atoms with Crippen LogP contribution in [0.4, 0.5) is 0 Å². The number of hydrogen-bond donors (Lipinski definition) is 3. The number of esters is 1. The van der Waals surface area contributed by atoms with E-state index in [1.54, 1.807) is 6.08 Å². The Balaban J connectivity index is 2.14. The van der Waals surface area contributed by atoms with Crippen molar-refractivity contribution >= 4 is 12.0 Å². The summed E-state index contributed by atoms with van der Waals surface area (Å²) in [5, 5.41) is 18.9. The van der Waals surface area contributed by atoms with E-state index in [4.69, 9.17) is 14.6 Å². The van der Waals surface area contributed by atoms with Crippen LogP contribution in [-0.2, 0) is 14.3 Å². The van der Waals surface area contributed by atoms with Gasteiger partial charge in [0.15, 0.2) is 0 Å². The number of nitrogens with one attached hydrogen (secondary N) is 1. The van der Waals surface area contributed by atoms with Crippen LogP contribution in [0, 0.1) is 0 Å². The van der Waals surface area contributed by atoms with E-state index in [2.05, 4.69) is 4.98 Å². The van der Waals surface area contributed by atoms with Crippen molar-refractivity contribution in [2.45, 2.75) is 38.2 Å². The van der Waals surface area contributed by atoms with Gasteiger partial charge in [0, 0.05) is 19.5 Å². The minimum atomic E-state index is -0.887. The predicted octanol–water partition coefficient (Wildman–Crippen LogP) is -0.856. The van der Waals surface area contributed by atoms with Gasteiger partial charge in [-0.1, -0.05) is 12.2 Å². The number of aliphatic hydroxyl groups excluding tert-OH is 2. The van der Waals surface area contributed by atoms with Crippen molar-refractivity contribution in [1.29, 1.82) is 0 Å². The topological polar surface area (TPSA) is 131 Å². The van der Waals surface area contributed by atoms with Gasteiger partial charge in [0.25, 0.3) is 5.56 Å². The van der Waals surface area contributed by atoms with E-state index in [0.717, 1.165) is 0 Å². The lowest BCUT2D eigenvalue weighted by atomic mass is 10.2. The number of rotatable bonds is 6. The van der Waals surface area contributed by atoms with Crippen LogP contribution in [0.25, 0.3) is 6.08 Å². The maximum Gasteiger partial charge on any atom is 0.330 e. The zero-order valence-electron chi connectivity index (χ0n) is 13.2. The molecule has 0 aliphatic carbocycles. The van der Waals surface area contributed by atoms with Crippen LogP contribution in [0.15, 0.2) is 21.9 Å². The quantitative estimate of drug-likeness (QED) is 0.454. The number of hydrogen-bond acceptors (Lipinski definition) is 7. The van der Waals surface area contributed by atoms with Crippen LogP contribution in [0.5, 0.6) is 0 Å². The standard InChI is InChI=1S/C15H20N2O7/c1-9(19)23-5-3-2-4-10-7-17(15(22)16-14(10)21)13-6-11(20)12(8-18)24-13/h2,4,7,11-13,18,20H,3,5-6,8H2,1H3,(H,16,21,22)/b4-2+/t11-,12+,13+/m0/s1. The van der Waals surface area contributed by atoms with Crippen molar-refractivity contribution in [3.05, 3.63) is 38.7 Å². The maximum atomic E-state index is 11.9. The van der Waals surface area contributed by atoms with Gasteiger partial charge in [0.05, 0.1) is 24.9 Å². The molecule has 1 aliphatic rings. The Kier molecular flexibility index (Phi) is 6.07. The predicted molar refractivity (Wildman–Crippen MR) is 83.2 cm³/mol. The first kappa shape index (κ1) is 18.1. The second-order valence-electron chi connectivity index (χ2n) is 5.40. The largest absolute Gasteiger partial charge is 0.466 e. The third-order valence-corrected chi connectivity index (χ3v) is 3.58. The molecule has 0 amide bonds. The zero-order chi connectivity index (χ0) is 17.7. The summed E-state index contributed by atoms with van der Waals surface area (Å²) in [6.45, 7) is 1.14. The molecule has 3 atom stereocenters. The number of carbonyl (C=O) groups excluding carboxylic acids is 1. The van der Waals surface area contributed by atoms with Gasteiger partial charge in [-0.15, -0.1) is 0 Å². The third kappa shape index (κ3) is 4.40. The molecule has 0 unspecified atom stereocenters. The van der Waals surface area contributed by atoms with Crippen LogP contribution in [0.2, 0.25) is 0 Å². The van der Waals surface area contributed by atoms with Crippen molar-refractivity contribution in [3.8, 4) is 0 Å². The molecule has 1 fully saturated rings. The molecule has 0 aromatic carbocycles. The number of aliphatic hydroxyl groups is 2. The molecular formula is C15H20N2O7. The smallest absolute Gasteiger partial charge is 0.330 e. The summed E-state index contributed by atoms with van der Waals surface area (Å²) in [5.41, 5.74) is -0.993. The Morgan fingerprint density at radius 1 is 1.54 bits per heavy atom. The van der Waals surface area contributed by atoms with Crippen molar-refractivity contribution < 1.29 is 24.5 Å². The van der Waals surface area contributed by atoms with E-state index in [-0.39, 0.29) is 31.2 Å². The number of aromatic amines is 1. The van der Waals surface area contributed by atoms with Crippen LogP contribution in [0.1, 0.15) is 31.6 Å². The average Bonchev–Trinajstić information content (AvgIpc) is 2.89. The highest BCUT2D eigenvalue weighted by molar-refractivity contribution is 5.65. The molecule has 0 radical (unpaired) electrons. The van der Waals surface area contributed by atoms with Crippen LogP contribution < -0.4 is 11.2 Å². The van der Waals surface area contributed by atoms with Crippen molar-refractivity contribution in [2.24, 2.45) is 0 Å². The van der Waals surface area contributed by atoms with Crippen LogP contribution in [-0.4, -0.2) is 51.2 Å². The second kappa shape index (κ2) is 8.04. The molecule has 0 spiro atoms. The van der Waals surface area contributed by atoms with Gasteiger partial charge in [0.1, 0.15) is 12.3 Å². The minimum Gasteiger partial charge on any atom is -0.466 e. The second-order valence-corrected chi connectivity index (χ2v) is 5.40. The van der Waals surface area contributed by atoms with Gasteiger partial charge >= 0.3 is 11.7 Å². The Labute approximate surface area is 137 Å². The Morgan fingerprint density at radius 2 is 2.29 bits per heavy atom. The number of nitrogens with zero attached hydrogens (tertiary/aromatic N) is 1. The SMILES string of the molecule is CC(=O)OCC/C=C/c1cn([C@H]2C[C@H](O)[C@@H](CO)O2)c(=O)[nH]c1=O. The fourth-order valence-electron chi connectivity index (χ4n) is 2.36. The summed E-state index contributed by atoms with van der Waals surface area (Å²) in [6.07, 6.45) is 2.61. The monoisotopic (exact) mass is 340 g/mol. The summed E-state index contributed by atoms with van der Waals surface area (Å²) in [7, 11) is 0. The Hall–Kier alpha value is -2.23. The first-order chi connectivity index (χ1) is 11.4. The van der Waals surface area contributed by atoms with Gasteiger partial charge < -0.3 is 19.7 Å². The van der Waals surface area contributed by atoms with E-state index < -0.39 is 29.7 Å². The van der Waals surface area contributed by atoms with Crippen LogP contribution >= 0.6 is 0 Å². The first-order valence-corrected chi connectivity index (χ1v) is 7.52. The normalized spacial score (nSPS) is 23.7. The maximum absolute atomic E-state index is 11.9. The van der Waals surface area contributed by atoms with Gasteiger partial charge in [0.2, 0.25) is 0 Å². The van der Waals surface area contributed by atoms with Crippen molar-refractivity contribution in [2.75, 3.05) is 13.2 Å². The van der Waals surface area contributed by atoms with Crippen molar-refractivity contribution in [1.82, 2.24) is 9.55 Å². The summed E-state index contributed by atoms with van der Waals surface area (Å²) in [6, 6.07) is 0. The summed E-state index contributed by atoms with van der Waals surface area (Å²) >= 11 is 0. The van der Waals surface area contributed by atoms with E-state index in [1.807, 2.05) is 0 Å². The molecule has 3 N–H and O–H groups in total. The molecule has 132 valence electrons. The lowest BCUT2D eigenvalue weighted by molar-refractivity contribution is -0.140. The highest BCUT2D eigenvalue weighted by atomic mass is 16.5. The molecule has 0 saturated carbocycles. The van der Waals surface area contributed by atoms with E-state index in [1.165, 1.54) is 23.8 Å². The summed E-state index contributed by atoms with van der Waals surface area (Å²) in [5.74, 6) is -0.384. The van der Waals surface area contributed by atoms with Gasteiger partial charge in [-0.25, -0.2) is 4.79 Å². The molecule has 0 bridgehead atoms. The van der Waals surface area contributed by atoms with Gasteiger partial charge in [-0.05, 0) is 6.42 Å². The highest BCUT2D eigenvalue weighted by Gasteiger charge is 2.35. The van der Waals surface area contributed by atoms with E-state index in [0.29, 0.717) is 6.42 Å². The molecule has 1 aromatic heterocycles. The average molecular weight is 340 g/mol. The molecule has 1 saturated heterocycles. The van der Waals surface area contributed by atoms with Crippen LogP contribution in [0.3, 0.4) is 0 Å². The molecule has 2 heterocycles. The van der Waals surface area contributed by atoms with Gasteiger partial charge in [-0.3, -0.25) is 19.1 Å². The Bertz CT molecular complexity index is 721. The van der Waals surface area contributed by atoms with Crippen molar-refractivity contribution in [3.63, 3.8) is 0 Å². The fraction of sp³-hybridized carbons (Fsp3) is 0.533. The molecule has 9 heteroatoms. The van der Waals surface area contributed by atoms with Gasteiger partial charge in [-0.2, -0.15) is 0 Å². The fourth-order valence-corrected chi connectivity index (χ4v) is 2.36. The lowest BCUT2D eigenvalue weighted by Crippen LogP contribution is -2.33. The third-order valence-electron chi connectivity index (χ3n) is 3.58. The summed E-state index contributed by atoms with van der Waals surface area (Å²) < 4.78 is 11.4. The highest BCUT2D eigenvalue weighted by Crippen LogP contribution is 2.27. The minimum absolute atomic E-state index is 0.132. The number of H-pyrrole nitrogens is 1. The molecule has 1 aromatic rings. The molecular weight excluding hydrogens is 320 g/mol. The number of ether oxygens (including phenoxy) is 2. The first-order valence-electron chi connectivity index (χ1n) is 7.52. The molecule has 2 rings (SSSR count). The van der Waals surface area contributed by atoms with E-state index >= 15 is 0 Å². The lowest BCUT2D eigenvalue weighted by Gasteiger charge is -2.14. The Morgan fingerprint density at radius 3 is 2.92 bits per heavy atom. The zero-order valence-corrected chi connectivity index (χ0v) is 13.2.